The highest BCUT2D eigenvalue weighted by Gasteiger charge is 2.33. The minimum Gasteiger partial charge on any atom is -0.493 e. The fourth-order valence-electron chi connectivity index (χ4n) is 2.44. The normalized spacial score (nSPS) is 16.0. The van der Waals surface area contributed by atoms with Crippen LogP contribution in [-0.4, -0.2) is 32.0 Å². The Morgan fingerprint density at radius 1 is 1.14 bits per heavy atom. The maximum atomic E-state index is 13.1. The molecule has 2 aromatic rings. The number of carbonyl (C=O) groups excluding carboxylic acids is 1. The van der Waals surface area contributed by atoms with E-state index in [-0.39, 0.29) is 17.4 Å². The number of ether oxygens (including phenoxy) is 1. The smallest absolute Gasteiger partial charge is 0.306 e. The van der Waals surface area contributed by atoms with Gasteiger partial charge in [-0.05, 0) is 48.0 Å². The van der Waals surface area contributed by atoms with Crippen LogP contribution in [0.4, 0.5) is 10.1 Å². The topological polar surface area (TPSA) is 72.9 Å². The monoisotopic (exact) mass is 439 g/mol. The number of methoxy groups -OCH3 is 1. The molecule has 1 heterocycles. The van der Waals surface area contributed by atoms with Gasteiger partial charge in [0.15, 0.2) is 15.8 Å². The van der Waals surface area contributed by atoms with Crippen molar-refractivity contribution >= 4 is 56.1 Å². The summed E-state index contributed by atoms with van der Waals surface area (Å²) in [6, 6.07) is 10.0. The molecule has 1 saturated heterocycles. The molecule has 6 nitrogen and oxygen atoms in total. The third kappa shape index (κ3) is 4.51. The molecule has 3 rings (SSSR count). The minimum atomic E-state index is -3.71. The summed E-state index contributed by atoms with van der Waals surface area (Å²) in [5.74, 6) is -0.500. The van der Waals surface area contributed by atoms with Gasteiger partial charge >= 0.3 is 10.1 Å². The summed E-state index contributed by atoms with van der Waals surface area (Å²) in [4.78, 5) is 14.4. The van der Waals surface area contributed by atoms with E-state index in [4.69, 9.17) is 21.1 Å². The fourth-order valence-corrected chi connectivity index (χ4v) is 4.20. The lowest BCUT2D eigenvalue weighted by Gasteiger charge is -2.14. The van der Waals surface area contributed by atoms with Gasteiger partial charge in [-0.2, -0.15) is 8.42 Å². The lowest BCUT2D eigenvalue weighted by Crippen LogP contribution is -2.27. The zero-order valence-corrected chi connectivity index (χ0v) is 17.2. The maximum Gasteiger partial charge on any atom is 0.306 e. The van der Waals surface area contributed by atoms with E-state index in [0.29, 0.717) is 20.5 Å². The van der Waals surface area contributed by atoms with Crippen LogP contribution in [0.1, 0.15) is 5.56 Å². The molecule has 0 radical (unpaired) electrons. The van der Waals surface area contributed by atoms with Gasteiger partial charge in [0.2, 0.25) is 0 Å². The third-order valence-electron chi connectivity index (χ3n) is 3.61. The number of anilines is 1. The number of carbonyl (C=O) groups is 1. The summed E-state index contributed by atoms with van der Waals surface area (Å²) in [6.07, 6.45) is 2.54. The molecular formula is C18H14FNO5S3. The summed E-state index contributed by atoms with van der Waals surface area (Å²) in [7, 11) is -2.33. The quantitative estimate of drug-likeness (QED) is 0.401. The first-order valence-corrected chi connectivity index (χ1v) is 10.8. The van der Waals surface area contributed by atoms with E-state index in [1.54, 1.807) is 18.2 Å². The average Bonchev–Trinajstić information content (AvgIpc) is 2.89. The highest BCUT2D eigenvalue weighted by Crippen LogP contribution is 2.37. The van der Waals surface area contributed by atoms with Gasteiger partial charge in [0.05, 0.1) is 24.0 Å². The van der Waals surface area contributed by atoms with E-state index in [9.17, 15) is 17.6 Å². The van der Waals surface area contributed by atoms with Crippen molar-refractivity contribution in [1.29, 1.82) is 0 Å². The first-order chi connectivity index (χ1) is 13.2. The zero-order valence-electron chi connectivity index (χ0n) is 14.7. The largest absolute Gasteiger partial charge is 0.493 e. The second-order valence-corrected chi connectivity index (χ2v) is 8.94. The number of thiocarbonyl (C=S) groups is 1. The van der Waals surface area contributed by atoms with E-state index in [1.807, 2.05) is 0 Å². The number of rotatable bonds is 5. The Morgan fingerprint density at radius 3 is 2.43 bits per heavy atom. The van der Waals surface area contributed by atoms with Gasteiger partial charge in [0, 0.05) is 0 Å². The molecular weight excluding hydrogens is 425 g/mol. The van der Waals surface area contributed by atoms with Gasteiger partial charge in [0.25, 0.3) is 5.91 Å². The molecule has 1 fully saturated rings. The number of benzene rings is 2. The molecule has 0 aromatic heterocycles. The number of thioether (sulfide) groups is 1. The van der Waals surface area contributed by atoms with Crippen molar-refractivity contribution in [2.45, 2.75) is 0 Å². The van der Waals surface area contributed by atoms with Crippen molar-refractivity contribution in [2.75, 3.05) is 18.3 Å². The van der Waals surface area contributed by atoms with E-state index < -0.39 is 15.9 Å². The van der Waals surface area contributed by atoms with Gasteiger partial charge in [-0.3, -0.25) is 9.69 Å². The van der Waals surface area contributed by atoms with Crippen molar-refractivity contribution < 1.29 is 26.5 Å². The molecule has 0 unspecified atom stereocenters. The SMILES string of the molecule is COc1cc(/C=C2\SC(=S)N(c3ccc(F)cc3)C2=O)ccc1OS(C)(=O)=O. The Hall–Kier alpha value is -2.43. The van der Waals surface area contributed by atoms with Crippen molar-refractivity contribution in [3.8, 4) is 11.5 Å². The van der Waals surface area contributed by atoms with Gasteiger partial charge in [0.1, 0.15) is 5.82 Å². The summed E-state index contributed by atoms with van der Waals surface area (Å²) in [6.45, 7) is 0. The summed E-state index contributed by atoms with van der Waals surface area (Å²) >= 11 is 6.39. The lowest BCUT2D eigenvalue weighted by molar-refractivity contribution is -0.113. The molecule has 1 amide bonds. The Morgan fingerprint density at radius 2 is 1.82 bits per heavy atom. The summed E-state index contributed by atoms with van der Waals surface area (Å²) < 4.78 is 46.1. The Bertz CT molecular complexity index is 1080. The Kier molecular flexibility index (Phi) is 5.73. The molecule has 146 valence electrons. The predicted octanol–water partition coefficient (Wildman–Crippen LogP) is 3.58. The standard InChI is InChI=1S/C18H14FNO5S3/c1-24-15-9-11(3-8-14(15)25-28(2,22)23)10-16-17(21)20(18(26)27-16)13-6-4-12(19)5-7-13/h3-10H,1-2H3/b16-10-. The number of hydrogen-bond acceptors (Lipinski definition) is 7. The van der Waals surface area contributed by atoms with E-state index in [0.717, 1.165) is 18.0 Å². The number of halogens is 1. The highest BCUT2D eigenvalue weighted by atomic mass is 32.2. The zero-order chi connectivity index (χ0) is 20.5. The van der Waals surface area contributed by atoms with Crippen molar-refractivity contribution in [3.05, 3.63) is 58.8 Å². The van der Waals surface area contributed by atoms with Gasteiger partial charge in [-0.15, -0.1) is 0 Å². The van der Waals surface area contributed by atoms with Crippen LogP contribution in [0.15, 0.2) is 47.4 Å². The average molecular weight is 440 g/mol. The highest BCUT2D eigenvalue weighted by molar-refractivity contribution is 8.27. The Balaban J connectivity index is 1.90. The van der Waals surface area contributed by atoms with Crippen LogP contribution in [-0.2, 0) is 14.9 Å². The molecule has 1 aliphatic rings. The van der Waals surface area contributed by atoms with E-state index in [1.165, 1.54) is 42.3 Å². The maximum absolute atomic E-state index is 13.1. The van der Waals surface area contributed by atoms with Crippen molar-refractivity contribution in [2.24, 2.45) is 0 Å². The summed E-state index contributed by atoms with van der Waals surface area (Å²) in [5, 5.41) is 0. The molecule has 0 aliphatic carbocycles. The molecule has 0 spiro atoms. The minimum absolute atomic E-state index is 0.0426. The third-order valence-corrected chi connectivity index (χ3v) is 5.39. The lowest BCUT2D eigenvalue weighted by atomic mass is 10.2. The van der Waals surface area contributed by atoms with Crippen LogP contribution >= 0.6 is 24.0 Å². The number of hydrogen-bond donors (Lipinski definition) is 0. The van der Waals surface area contributed by atoms with E-state index in [2.05, 4.69) is 0 Å². The fraction of sp³-hybridized carbons (Fsp3) is 0.111. The number of nitrogens with zero attached hydrogens (tertiary/aromatic N) is 1. The molecule has 1 aliphatic heterocycles. The van der Waals surface area contributed by atoms with Crippen LogP contribution in [0, 0.1) is 5.82 Å². The van der Waals surface area contributed by atoms with Crippen LogP contribution in [0.25, 0.3) is 6.08 Å². The molecule has 0 N–H and O–H groups in total. The number of amides is 1. The summed E-state index contributed by atoms with van der Waals surface area (Å²) in [5.41, 5.74) is 1.07. The molecule has 10 heteroatoms. The van der Waals surface area contributed by atoms with Gasteiger partial charge in [-0.25, -0.2) is 4.39 Å². The van der Waals surface area contributed by atoms with E-state index >= 15 is 0 Å². The van der Waals surface area contributed by atoms with Crippen molar-refractivity contribution in [3.63, 3.8) is 0 Å². The first kappa shape index (κ1) is 20.3. The molecule has 2 aromatic carbocycles. The van der Waals surface area contributed by atoms with Crippen LogP contribution in [0.5, 0.6) is 11.5 Å². The first-order valence-electron chi connectivity index (χ1n) is 7.79. The van der Waals surface area contributed by atoms with Crippen LogP contribution in [0.3, 0.4) is 0 Å². The second-order valence-electron chi connectivity index (χ2n) is 5.69. The molecule has 0 atom stereocenters. The van der Waals surface area contributed by atoms with Crippen LogP contribution < -0.4 is 13.8 Å². The van der Waals surface area contributed by atoms with Gasteiger partial charge in [-0.1, -0.05) is 30.0 Å². The molecule has 0 bridgehead atoms. The Labute approximate surface area is 171 Å². The molecule has 0 saturated carbocycles. The second kappa shape index (κ2) is 7.90. The molecule has 28 heavy (non-hydrogen) atoms. The van der Waals surface area contributed by atoms with Crippen LogP contribution in [0.2, 0.25) is 0 Å². The van der Waals surface area contributed by atoms with Gasteiger partial charge < -0.3 is 8.92 Å². The van der Waals surface area contributed by atoms with Crippen molar-refractivity contribution in [1.82, 2.24) is 0 Å². The predicted molar refractivity (Wildman–Crippen MR) is 111 cm³/mol.